The maximum absolute atomic E-state index is 5.29. The molecule has 0 aliphatic heterocycles. The fourth-order valence-electron chi connectivity index (χ4n) is 1.47. The van der Waals surface area contributed by atoms with E-state index in [4.69, 9.17) is 12.8 Å². The Morgan fingerprint density at radius 1 is 1.14 bits per heavy atom. The Morgan fingerprint density at radius 2 is 1.71 bits per heavy atom. The minimum absolute atomic E-state index is 0.508. The van der Waals surface area contributed by atoms with Gasteiger partial charge in [-0.2, -0.15) is 0 Å². The Balaban J connectivity index is 3.84. The monoisotopic (exact) mass is 191 g/mol. The Bertz CT molecular complexity index is 190. The second-order valence-corrected chi connectivity index (χ2v) is 3.66. The third-order valence-corrected chi connectivity index (χ3v) is 2.44. The zero-order chi connectivity index (χ0) is 10.8. The zero-order valence-corrected chi connectivity index (χ0v) is 9.42. The Kier molecular flexibility index (Phi) is 8.10. The maximum atomic E-state index is 5.29. The van der Waals surface area contributed by atoms with E-state index in [-0.39, 0.29) is 0 Å². The molecule has 0 N–H and O–H groups in total. The van der Waals surface area contributed by atoms with Gasteiger partial charge in [-0.15, -0.1) is 12.8 Å². The summed E-state index contributed by atoms with van der Waals surface area (Å²) in [5.74, 6) is 5.31. The van der Waals surface area contributed by atoms with Gasteiger partial charge in [0.2, 0.25) is 0 Å². The lowest BCUT2D eigenvalue weighted by Crippen LogP contribution is -2.33. The number of rotatable bonds is 7. The summed E-state index contributed by atoms with van der Waals surface area (Å²) in [5, 5.41) is 0. The highest BCUT2D eigenvalue weighted by Crippen LogP contribution is 2.08. The predicted octanol–water partition coefficient (Wildman–Crippen LogP) is 2.52. The molecule has 0 aromatic rings. The van der Waals surface area contributed by atoms with Crippen molar-refractivity contribution in [3.63, 3.8) is 0 Å². The molecule has 0 saturated heterocycles. The first kappa shape index (κ1) is 13.1. The summed E-state index contributed by atoms with van der Waals surface area (Å²) in [6.07, 6.45) is 15.6. The van der Waals surface area contributed by atoms with Crippen LogP contribution >= 0.6 is 0 Å². The van der Waals surface area contributed by atoms with E-state index in [1.54, 1.807) is 0 Å². The molecule has 14 heavy (non-hydrogen) atoms. The summed E-state index contributed by atoms with van der Waals surface area (Å²) in [6.45, 7) is 5.74. The molecule has 0 unspecified atom stereocenters. The Morgan fingerprint density at radius 3 is 2.14 bits per heavy atom. The predicted molar refractivity (Wildman–Crippen MR) is 62.8 cm³/mol. The van der Waals surface area contributed by atoms with Gasteiger partial charge in [-0.05, 0) is 13.3 Å². The molecule has 0 rings (SSSR count). The SMILES string of the molecule is C#CCN(CC#C)[C@H](C)CCCCC. The summed E-state index contributed by atoms with van der Waals surface area (Å²) in [6, 6.07) is 0.508. The van der Waals surface area contributed by atoms with Crippen LogP contribution in [0.3, 0.4) is 0 Å². The Labute approximate surface area is 88.9 Å². The van der Waals surface area contributed by atoms with Gasteiger partial charge in [-0.25, -0.2) is 0 Å². The average molecular weight is 191 g/mol. The van der Waals surface area contributed by atoms with Crippen molar-refractivity contribution in [1.82, 2.24) is 4.90 Å². The van der Waals surface area contributed by atoms with Gasteiger partial charge in [-0.3, -0.25) is 4.90 Å². The molecule has 0 radical (unpaired) electrons. The first-order valence-corrected chi connectivity index (χ1v) is 5.37. The third-order valence-electron chi connectivity index (χ3n) is 2.44. The molecule has 0 aliphatic rings. The number of hydrogen-bond acceptors (Lipinski definition) is 1. The lowest BCUT2D eigenvalue weighted by atomic mass is 10.1. The molecular formula is C13H21N. The molecule has 0 amide bonds. The van der Waals surface area contributed by atoms with Crippen molar-refractivity contribution < 1.29 is 0 Å². The van der Waals surface area contributed by atoms with Gasteiger partial charge in [0, 0.05) is 6.04 Å². The van der Waals surface area contributed by atoms with Crippen LogP contribution in [-0.2, 0) is 0 Å². The van der Waals surface area contributed by atoms with E-state index in [0.717, 1.165) is 0 Å². The summed E-state index contributed by atoms with van der Waals surface area (Å²) in [4.78, 5) is 2.18. The fraction of sp³-hybridized carbons (Fsp3) is 0.692. The normalized spacial score (nSPS) is 12.1. The van der Waals surface area contributed by atoms with Crippen LogP contribution in [0.1, 0.15) is 39.5 Å². The summed E-state index contributed by atoms with van der Waals surface area (Å²) in [7, 11) is 0. The molecule has 1 atom stereocenters. The minimum Gasteiger partial charge on any atom is -0.278 e. The number of nitrogens with zero attached hydrogens (tertiary/aromatic N) is 1. The highest BCUT2D eigenvalue weighted by molar-refractivity contribution is 4.96. The molecule has 0 bridgehead atoms. The average Bonchev–Trinajstić information content (AvgIpc) is 2.18. The van der Waals surface area contributed by atoms with Crippen molar-refractivity contribution in [2.75, 3.05) is 13.1 Å². The number of terminal acetylenes is 2. The van der Waals surface area contributed by atoms with E-state index >= 15 is 0 Å². The van der Waals surface area contributed by atoms with E-state index < -0.39 is 0 Å². The second-order valence-electron chi connectivity index (χ2n) is 3.66. The highest BCUT2D eigenvalue weighted by Gasteiger charge is 2.10. The lowest BCUT2D eigenvalue weighted by molar-refractivity contribution is 0.247. The first-order valence-electron chi connectivity index (χ1n) is 5.37. The molecule has 0 aromatic heterocycles. The van der Waals surface area contributed by atoms with Crippen LogP contribution < -0.4 is 0 Å². The van der Waals surface area contributed by atoms with Crippen LogP contribution in [0.25, 0.3) is 0 Å². The van der Waals surface area contributed by atoms with Crippen LogP contribution in [0.4, 0.5) is 0 Å². The fourth-order valence-corrected chi connectivity index (χ4v) is 1.47. The third kappa shape index (κ3) is 5.68. The Hall–Kier alpha value is -0.920. The number of unbranched alkanes of at least 4 members (excludes halogenated alkanes) is 2. The van der Waals surface area contributed by atoms with Crippen molar-refractivity contribution >= 4 is 0 Å². The largest absolute Gasteiger partial charge is 0.278 e. The molecule has 0 aromatic carbocycles. The lowest BCUT2D eigenvalue weighted by Gasteiger charge is -2.24. The topological polar surface area (TPSA) is 3.24 Å². The highest BCUT2D eigenvalue weighted by atomic mass is 15.1. The van der Waals surface area contributed by atoms with E-state index in [1.165, 1.54) is 25.7 Å². The number of hydrogen-bond donors (Lipinski definition) is 0. The van der Waals surface area contributed by atoms with Gasteiger partial charge in [-0.1, -0.05) is 38.0 Å². The van der Waals surface area contributed by atoms with Crippen LogP contribution in [-0.4, -0.2) is 24.0 Å². The molecule has 1 heteroatoms. The zero-order valence-electron chi connectivity index (χ0n) is 9.42. The van der Waals surface area contributed by atoms with Gasteiger partial charge < -0.3 is 0 Å². The van der Waals surface area contributed by atoms with Crippen molar-refractivity contribution in [2.45, 2.75) is 45.6 Å². The summed E-state index contributed by atoms with van der Waals surface area (Å²) < 4.78 is 0. The van der Waals surface area contributed by atoms with Crippen LogP contribution in [0, 0.1) is 24.7 Å². The van der Waals surface area contributed by atoms with Gasteiger partial charge >= 0.3 is 0 Å². The maximum Gasteiger partial charge on any atom is 0.0610 e. The van der Waals surface area contributed by atoms with E-state index in [2.05, 4.69) is 30.6 Å². The smallest absolute Gasteiger partial charge is 0.0610 e. The molecule has 0 aliphatic carbocycles. The standard InChI is InChI=1S/C13H21N/c1-5-8-9-10-13(4)14(11-6-2)12-7-3/h2-3,13H,5,8-12H2,1,4H3/t13-/m1/s1. The molecule has 0 heterocycles. The van der Waals surface area contributed by atoms with Crippen molar-refractivity contribution in [2.24, 2.45) is 0 Å². The van der Waals surface area contributed by atoms with E-state index in [9.17, 15) is 0 Å². The molecule has 0 fully saturated rings. The summed E-state index contributed by atoms with van der Waals surface area (Å²) >= 11 is 0. The quantitative estimate of drug-likeness (QED) is 0.441. The van der Waals surface area contributed by atoms with Gasteiger partial charge in [0.25, 0.3) is 0 Å². The van der Waals surface area contributed by atoms with Crippen molar-refractivity contribution in [3.8, 4) is 24.7 Å². The second kappa shape index (κ2) is 8.67. The van der Waals surface area contributed by atoms with Crippen LogP contribution in [0.2, 0.25) is 0 Å². The van der Waals surface area contributed by atoms with Crippen LogP contribution in [0.15, 0.2) is 0 Å². The van der Waals surface area contributed by atoms with Crippen molar-refractivity contribution in [3.05, 3.63) is 0 Å². The molecule has 0 spiro atoms. The van der Waals surface area contributed by atoms with E-state index in [0.29, 0.717) is 19.1 Å². The molecule has 0 saturated carbocycles. The van der Waals surface area contributed by atoms with Gasteiger partial charge in [0.1, 0.15) is 0 Å². The molecule has 78 valence electrons. The van der Waals surface area contributed by atoms with Crippen LogP contribution in [0.5, 0.6) is 0 Å². The van der Waals surface area contributed by atoms with Gasteiger partial charge in [0.15, 0.2) is 0 Å². The van der Waals surface area contributed by atoms with E-state index in [1.807, 2.05) is 0 Å². The van der Waals surface area contributed by atoms with Gasteiger partial charge in [0.05, 0.1) is 13.1 Å². The molecular weight excluding hydrogens is 170 g/mol. The minimum atomic E-state index is 0.508. The molecule has 1 nitrogen and oxygen atoms in total. The summed E-state index contributed by atoms with van der Waals surface area (Å²) in [5.41, 5.74) is 0. The van der Waals surface area contributed by atoms with Crippen molar-refractivity contribution in [1.29, 1.82) is 0 Å². The first-order chi connectivity index (χ1) is 6.76.